The van der Waals surface area contributed by atoms with Gasteiger partial charge in [0.05, 0.1) is 5.69 Å². The summed E-state index contributed by atoms with van der Waals surface area (Å²) in [5, 5.41) is 10.1. The van der Waals surface area contributed by atoms with Crippen molar-refractivity contribution in [2.24, 2.45) is 5.73 Å². The minimum atomic E-state index is -0.238. The largest absolute Gasteiger partial charge is 0.349 e. The third kappa shape index (κ3) is 2.79. The Morgan fingerprint density at radius 1 is 1.54 bits per heavy atom. The zero-order chi connectivity index (χ0) is 9.68. The lowest BCUT2D eigenvalue weighted by molar-refractivity contribution is 0.0948. The molecule has 1 heterocycles. The summed E-state index contributed by atoms with van der Waals surface area (Å²) in [6.45, 7) is 2.69. The second kappa shape index (κ2) is 4.51. The van der Waals surface area contributed by atoms with Crippen LogP contribution in [0.15, 0.2) is 12.1 Å². The van der Waals surface area contributed by atoms with E-state index in [1.54, 1.807) is 12.1 Å². The molecule has 0 saturated carbocycles. The average molecular weight is 180 g/mol. The van der Waals surface area contributed by atoms with Crippen LogP contribution in [0.4, 0.5) is 0 Å². The molecule has 1 amide bonds. The SMILES string of the molecule is Cc1ccc(C(=O)NCCN)nn1. The van der Waals surface area contributed by atoms with Gasteiger partial charge in [-0.1, -0.05) is 0 Å². The van der Waals surface area contributed by atoms with Crippen molar-refractivity contribution in [2.45, 2.75) is 6.92 Å². The first-order valence-electron chi connectivity index (χ1n) is 4.02. The monoisotopic (exact) mass is 180 g/mol. The quantitative estimate of drug-likeness (QED) is 0.655. The van der Waals surface area contributed by atoms with Crippen LogP contribution < -0.4 is 11.1 Å². The number of aryl methyl sites for hydroxylation is 1. The minimum Gasteiger partial charge on any atom is -0.349 e. The van der Waals surface area contributed by atoms with Crippen LogP contribution in [0.2, 0.25) is 0 Å². The molecule has 0 aromatic carbocycles. The fourth-order valence-electron chi connectivity index (χ4n) is 0.796. The molecule has 70 valence electrons. The maximum atomic E-state index is 11.2. The molecule has 0 fully saturated rings. The first kappa shape index (κ1) is 9.60. The van der Waals surface area contributed by atoms with Gasteiger partial charge in [0.15, 0.2) is 5.69 Å². The van der Waals surface area contributed by atoms with Crippen molar-refractivity contribution in [3.8, 4) is 0 Å². The van der Waals surface area contributed by atoms with Crippen LogP contribution in [0.3, 0.4) is 0 Å². The molecule has 0 aliphatic rings. The molecular weight excluding hydrogens is 168 g/mol. The van der Waals surface area contributed by atoms with E-state index in [9.17, 15) is 4.79 Å². The third-order valence-electron chi connectivity index (χ3n) is 1.46. The number of carbonyl (C=O) groups is 1. The predicted octanol–water partition coefficient (Wildman–Crippen LogP) is -0.526. The number of nitrogens with two attached hydrogens (primary N) is 1. The fraction of sp³-hybridized carbons (Fsp3) is 0.375. The third-order valence-corrected chi connectivity index (χ3v) is 1.46. The molecule has 0 atom stereocenters. The van der Waals surface area contributed by atoms with Crippen LogP contribution in [0, 0.1) is 6.92 Å². The molecule has 1 aromatic rings. The van der Waals surface area contributed by atoms with Crippen molar-refractivity contribution >= 4 is 5.91 Å². The second-order valence-corrected chi connectivity index (χ2v) is 2.60. The summed E-state index contributed by atoms with van der Waals surface area (Å²) in [6.07, 6.45) is 0. The minimum absolute atomic E-state index is 0.238. The van der Waals surface area contributed by atoms with Gasteiger partial charge in [-0.2, -0.15) is 5.10 Å². The first-order chi connectivity index (χ1) is 6.24. The number of nitrogens with one attached hydrogen (secondary N) is 1. The van der Waals surface area contributed by atoms with Gasteiger partial charge in [-0.05, 0) is 19.1 Å². The van der Waals surface area contributed by atoms with Crippen molar-refractivity contribution in [1.82, 2.24) is 15.5 Å². The van der Waals surface area contributed by atoms with Crippen LogP contribution in [-0.2, 0) is 0 Å². The Kier molecular flexibility index (Phi) is 3.33. The molecule has 0 aliphatic carbocycles. The number of aromatic nitrogens is 2. The van der Waals surface area contributed by atoms with E-state index in [-0.39, 0.29) is 5.91 Å². The predicted molar refractivity (Wildman–Crippen MR) is 48.2 cm³/mol. The highest BCUT2D eigenvalue weighted by Crippen LogP contribution is 1.94. The smallest absolute Gasteiger partial charge is 0.271 e. The van der Waals surface area contributed by atoms with Crippen LogP contribution in [0.5, 0.6) is 0 Å². The zero-order valence-electron chi connectivity index (χ0n) is 7.45. The summed E-state index contributed by atoms with van der Waals surface area (Å²) >= 11 is 0. The van der Waals surface area contributed by atoms with Gasteiger partial charge < -0.3 is 11.1 Å². The summed E-state index contributed by atoms with van der Waals surface area (Å²) in [7, 11) is 0. The molecular formula is C8H12N4O. The molecule has 0 saturated heterocycles. The number of amides is 1. The van der Waals surface area contributed by atoms with Crippen molar-refractivity contribution < 1.29 is 4.79 Å². The molecule has 0 aliphatic heterocycles. The van der Waals surface area contributed by atoms with Crippen LogP contribution >= 0.6 is 0 Å². The fourth-order valence-corrected chi connectivity index (χ4v) is 0.796. The highest BCUT2D eigenvalue weighted by molar-refractivity contribution is 5.91. The average Bonchev–Trinajstić information content (AvgIpc) is 2.15. The lowest BCUT2D eigenvalue weighted by atomic mass is 10.3. The zero-order valence-corrected chi connectivity index (χ0v) is 7.45. The molecule has 1 aromatic heterocycles. The van der Waals surface area contributed by atoms with Crippen molar-refractivity contribution in [3.63, 3.8) is 0 Å². The highest BCUT2D eigenvalue weighted by atomic mass is 16.1. The van der Waals surface area contributed by atoms with Gasteiger partial charge in [-0.25, -0.2) is 0 Å². The summed E-state index contributed by atoms with van der Waals surface area (Å²) in [5.41, 5.74) is 6.33. The summed E-state index contributed by atoms with van der Waals surface area (Å²) < 4.78 is 0. The van der Waals surface area contributed by atoms with E-state index < -0.39 is 0 Å². The Hall–Kier alpha value is -1.49. The number of hydrogen-bond donors (Lipinski definition) is 2. The second-order valence-electron chi connectivity index (χ2n) is 2.60. The van der Waals surface area contributed by atoms with Gasteiger partial charge in [0.2, 0.25) is 0 Å². The molecule has 0 unspecified atom stereocenters. The van der Waals surface area contributed by atoms with Gasteiger partial charge in [-0.3, -0.25) is 4.79 Å². The number of nitrogens with zero attached hydrogens (tertiary/aromatic N) is 2. The van der Waals surface area contributed by atoms with E-state index in [1.807, 2.05) is 6.92 Å². The van der Waals surface area contributed by atoms with Gasteiger partial charge >= 0.3 is 0 Å². The number of rotatable bonds is 3. The van der Waals surface area contributed by atoms with Crippen molar-refractivity contribution in [2.75, 3.05) is 13.1 Å². The van der Waals surface area contributed by atoms with Gasteiger partial charge in [0, 0.05) is 13.1 Å². The van der Waals surface area contributed by atoms with E-state index in [2.05, 4.69) is 15.5 Å². The van der Waals surface area contributed by atoms with Crippen molar-refractivity contribution in [1.29, 1.82) is 0 Å². The summed E-state index contributed by atoms with van der Waals surface area (Å²) in [4.78, 5) is 11.2. The van der Waals surface area contributed by atoms with Crippen LogP contribution in [-0.4, -0.2) is 29.2 Å². The molecule has 5 heteroatoms. The highest BCUT2D eigenvalue weighted by Gasteiger charge is 2.05. The topological polar surface area (TPSA) is 80.9 Å². The van der Waals surface area contributed by atoms with Crippen LogP contribution in [0.25, 0.3) is 0 Å². The summed E-state index contributed by atoms with van der Waals surface area (Å²) in [6, 6.07) is 3.37. The Balaban J connectivity index is 2.61. The molecule has 1 rings (SSSR count). The first-order valence-corrected chi connectivity index (χ1v) is 4.02. The maximum Gasteiger partial charge on any atom is 0.271 e. The van der Waals surface area contributed by atoms with Gasteiger partial charge in [0.25, 0.3) is 5.91 Å². The maximum absolute atomic E-state index is 11.2. The molecule has 13 heavy (non-hydrogen) atoms. The lowest BCUT2D eigenvalue weighted by Crippen LogP contribution is -2.29. The standard InChI is InChI=1S/C8H12N4O/c1-6-2-3-7(12-11-6)8(13)10-5-4-9/h2-3H,4-5,9H2,1H3,(H,10,13). The molecule has 0 radical (unpaired) electrons. The Morgan fingerprint density at radius 3 is 2.85 bits per heavy atom. The molecule has 0 spiro atoms. The van der Waals surface area contributed by atoms with E-state index in [4.69, 9.17) is 5.73 Å². The van der Waals surface area contributed by atoms with Gasteiger partial charge in [-0.15, -0.1) is 5.10 Å². The van der Waals surface area contributed by atoms with E-state index in [1.165, 1.54) is 0 Å². The Bertz CT molecular complexity index is 283. The number of carbonyl (C=O) groups excluding carboxylic acids is 1. The molecule has 0 bridgehead atoms. The number of hydrogen-bond acceptors (Lipinski definition) is 4. The molecule has 5 nitrogen and oxygen atoms in total. The van der Waals surface area contributed by atoms with Crippen molar-refractivity contribution in [3.05, 3.63) is 23.5 Å². The van der Waals surface area contributed by atoms with E-state index in [0.717, 1.165) is 5.69 Å². The normalized spacial score (nSPS) is 9.69. The Labute approximate surface area is 76.4 Å². The summed E-state index contributed by atoms with van der Waals surface area (Å²) in [5.74, 6) is -0.238. The lowest BCUT2D eigenvalue weighted by Gasteiger charge is -2.01. The van der Waals surface area contributed by atoms with E-state index in [0.29, 0.717) is 18.8 Å². The van der Waals surface area contributed by atoms with Gasteiger partial charge in [0.1, 0.15) is 0 Å². The van der Waals surface area contributed by atoms with Crippen LogP contribution in [0.1, 0.15) is 16.2 Å². The Morgan fingerprint density at radius 2 is 2.31 bits per heavy atom. The molecule has 3 N–H and O–H groups in total. The van der Waals surface area contributed by atoms with E-state index >= 15 is 0 Å².